The van der Waals surface area contributed by atoms with Crippen molar-refractivity contribution in [2.75, 3.05) is 24.5 Å². The fraction of sp³-hybridized carbons (Fsp3) is 0.556. The monoisotopic (exact) mass is 394 g/mol. The highest BCUT2D eigenvalue weighted by Gasteiger charge is 2.40. The van der Waals surface area contributed by atoms with Gasteiger partial charge in [-0.2, -0.15) is 0 Å². The van der Waals surface area contributed by atoms with Crippen molar-refractivity contribution in [2.45, 2.75) is 37.1 Å². The molecule has 3 unspecified atom stereocenters. The number of anilines is 1. The molecule has 9 heteroatoms. The molecule has 1 aromatic rings. The van der Waals surface area contributed by atoms with Crippen molar-refractivity contribution in [2.24, 2.45) is 22.7 Å². The molecule has 148 valence electrons. The second-order valence-electron chi connectivity index (χ2n) is 7.40. The number of piperidine rings is 1. The molecule has 4 N–H and O–H groups in total. The highest BCUT2D eigenvalue weighted by molar-refractivity contribution is 7.89. The predicted octanol–water partition coefficient (Wildman–Crippen LogP) is 0.273. The van der Waals surface area contributed by atoms with E-state index in [9.17, 15) is 18.0 Å². The Morgan fingerprint density at radius 3 is 2.74 bits per heavy atom. The van der Waals surface area contributed by atoms with Crippen LogP contribution < -0.4 is 15.8 Å². The first kappa shape index (κ1) is 19.8. The van der Waals surface area contributed by atoms with E-state index in [-0.39, 0.29) is 35.7 Å². The first-order chi connectivity index (χ1) is 12.7. The molecule has 27 heavy (non-hydrogen) atoms. The Morgan fingerprint density at radius 2 is 2.07 bits per heavy atom. The van der Waals surface area contributed by atoms with E-state index in [0.717, 1.165) is 12.8 Å². The lowest BCUT2D eigenvalue weighted by molar-refractivity contribution is -0.140. The molecule has 2 aliphatic heterocycles. The van der Waals surface area contributed by atoms with Gasteiger partial charge in [0.05, 0.1) is 10.8 Å². The molecular weight excluding hydrogens is 368 g/mol. The molecule has 0 aliphatic carbocycles. The average Bonchev–Trinajstić information content (AvgIpc) is 3.02. The van der Waals surface area contributed by atoms with Gasteiger partial charge in [-0.1, -0.05) is 13.0 Å². The van der Waals surface area contributed by atoms with Crippen LogP contribution in [-0.4, -0.2) is 50.8 Å². The second-order valence-corrected chi connectivity index (χ2v) is 8.96. The van der Waals surface area contributed by atoms with Crippen LogP contribution in [-0.2, 0) is 19.6 Å². The van der Waals surface area contributed by atoms with Gasteiger partial charge in [0.25, 0.3) is 0 Å². The van der Waals surface area contributed by atoms with Crippen LogP contribution in [0.2, 0.25) is 0 Å². The summed E-state index contributed by atoms with van der Waals surface area (Å²) in [5.74, 6) is -0.355. The van der Waals surface area contributed by atoms with Gasteiger partial charge in [-0.25, -0.2) is 13.6 Å². The molecule has 0 spiro atoms. The van der Waals surface area contributed by atoms with Crippen LogP contribution in [0.15, 0.2) is 29.2 Å². The molecule has 2 fully saturated rings. The van der Waals surface area contributed by atoms with Crippen LogP contribution in [0.4, 0.5) is 5.69 Å². The topological polar surface area (TPSA) is 127 Å². The van der Waals surface area contributed by atoms with Gasteiger partial charge in [-0.3, -0.25) is 9.59 Å². The third-order valence-electron chi connectivity index (χ3n) is 5.57. The first-order valence-electron chi connectivity index (χ1n) is 9.16. The molecule has 0 bridgehead atoms. The Balaban J connectivity index is 1.78. The summed E-state index contributed by atoms with van der Waals surface area (Å²) in [5.41, 5.74) is 6.32. The van der Waals surface area contributed by atoms with E-state index < -0.39 is 15.9 Å². The zero-order valence-corrected chi connectivity index (χ0v) is 16.2. The summed E-state index contributed by atoms with van der Waals surface area (Å²) in [6.07, 6.45) is 2.09. The zero-order valence-electron chi connectivity index (χ0n) is 15.4. The van der Waals surface area contributed by atoms with Crippen molar-refractivity contribution in [3.8, 4) is 0 Å². The fourth-order valence-electron chi connectivity index (χ4n) is 4.07. The molecule has 0 saturated carbocycles. The Hall–Kier alpha value is -1.97. The summed E-state index contributed by atoms with van der Waals surface area (Å²) >= 11 is 0. The molecule has 0 radical (unpaired) electrons. The standard InChI is InChI=1S/C18H26N4O4S/c1-12-4-3-7-21(16(12)10-19)18(24)13-8-17(23)22(11-13)14-5-2-6-15(9-14)27(20,25)26/h2,5-6,9,12-13,16H,3-4,7-8,10-11,19H2,1H3,(H2,20,25,26). The van der Waals surface area contributed by atoms with Crippen molar-refractivity contribution in [3.05, 3.63) is 24.3 Å². The minimum atomic E-state index is -3.86. The summed E-state index contributed by atoms with van der Waals surface area (Å²) in [6, 6.07) is 5.93. The molecule has 2 amide bonds. The van der Waals surface area contributed by atoms with Gasteiger partial charge in [0, 0.05) is 37.8 Å². The molecule has 0 aromatic heterocycles. The van der Waals surface area contributed by atoms with Gasteiger partial charge >= 0.3 is 0 Å². The maximum Gasteiger partial charge on any atom is 0.238 e. The van der Waals surface area contributed by atoms with Gasteiger partial charge in [-0.05, 0) is 37.0 Å². The quantitative estimate of drug-likeness (QED) is 0.758. The van der Waals surface area contributed by atoms with Crippen molar-refractivity contribution in [1.29, 1.82) is 0 Å². The molecule has 3 rings (SSSR count). The van der Waals surface area contributed by atoms with Crippen molar-refractivity contribution in [3.63, 3.8) is 0 Å². The number of hydrogen-bond acceptors (Lipinski definition) is 5. The predicted molar refractivity (Wildman–Crippen MR) is 101 cm³/mol. The molecule has 8 nitrogen and oxygen atoms in total. The lowest BCUT2D eigenvalue weighted by Crippen LogP contribution is -2.53. The number of benzene rings is 1. The highest BCUT2D eigenvalue weighted by Crippen LogP contribution is 2.30. The number of nitrogens with two attached hydrogens (primary N) is 2. The molecule has 3 atom stereocenters. The van der Waals surface area contributed by atoms with Crippen LogP contribution in [0, 0.1) is 11.8 Å². The lowest BCUT2D eigenvalue weighted by atomic mass is 9.89. The molecule has 2 saturated heterocycles. The zero-order chi connectivity index (χ0) is 19.8. The Labute approximate surface area is 159 Å². The summed E-state index contributed by atoms with van der Waals surface area (Å²) in [7, 11) is -3.86. The fourth-order valence-corrected chi connectivity index (χ4v) is 4.62. The number of hydrogen-bond donors (Lipinski definition) is 2. The van der Waals surface area contributed by atoms with E-state index in [1.165, 1.54) is 23.1 Å². The van der Waals surface area contributed by atoms with Crippen LogP contribution in [0.1, 0.15) is 26.2 Å². The molecule has 1 aromatic carbocycles. The van der Waals surface area contributed by atoms with E-state index in [0.29, 0.717) is 24.7 Å². The number of nitrogens with zero attached hydrogens (tertiary/aromatic N) is 2. The number of rotatable bonds is 4. The van der Waals surface area contributed by atoms with Gasteiger partial charge in [0.15, 0.2) is 0 Å². The third-order valence-corrected chi connectivity index (χ3v) is 6.48. The number of carbonyl (C=O) groups is 2. The van der Waals surface area contributed by atoms with Gasteiger partial charge in [0.2, 0.25) is 21.8 Å². The Morgan fingerprint density at radius 1 is 1.33 bits per heavy atom. The SMILES string of the molecule is CC1CCCN(C(=O)C2CC(=O)N(c3cccc(S(N)(=O)=O)c3)C2)C1CN. The molecule has 2 heterocycles. The lowest BCUT2D eigenvalue weighted by Gasteiger charge is -2.40. The van der Waals surface area contributed by atoms with E-state index in [1.807, 2.05) is 4.90 Å². The van der Waals surface area contributed by atoms with Crippen molar-refractivity contribution >= 4 is 27.5 Å². The summed E-state index contributed by atoms with van der Waals surface area (Å²) < 4.78 is 23.1. The minimum absolute atomic E-state index is 0.00103. The van der Waals surface area contributed by atoms with Crippen LogP contribution in [0.5, 0.6) is 0 Å². The molecular formula is C18H26N4O4S. The number of primary sulfonamides is 1. The normalized spacial score (nSPS) is 26.5. The second kappa shape index (κ2) is 7.57. The van der Waals surface area contributed by atoms with E-state index in [1.54, 1.807) is 6.07 Å². The maximum atomic E-state index is 13.0. The van der Waals surface area contributed by atoms with Gasteiger partial charge in [-0.15, -0.1) is 0 Å². The number of sulfonamides is 1. The smallest absolute Gasteiger partial charge is 0.238 e. The van der Waals surface area contributed by atoms with Crippen LogP contribution in [0.25, 0.3) is 0 Å². The number of likely N-dealkylation sites (tertiary alicyclic amines) is 1. The summed E-state index contributed by atoms with van der Waals surface area (Å²) in [4.78, 5) is 28.8. The largest absolute Gasteiger partial charge is 0.338 e. The highest BCUT2D eigenvalue weighted by atomic mass is 32.2. The van der Waals surface area contributed by atoms with Crippen molar-refractivity contribution in [1.82, 2.24) is 4.90 Å². The summed E-state index contributed by atoms with van der Waals surface area (Å²) in [6.45, 7) is 3.40. The third kappa shape index (κ3) is 3.99. The Kier molecular flexibility index (Phi) is 5.55. The first-order valence-corrected chi connectivity index (χ1v) is 10.7. The van der Waals surface area contributed by atoms with Crippen LogP contribution in [0.3, 0.4) is 0 Å². The van der Waals surface area contributed by atoms with Crippen LogP contribution >= 0.6 is 0 Å². The average molecular weight is 394 g/mol. The summed E-state index contributed by atoms with van der Waals surface area (Å²) in [5, 5.41) is 5.17. The maximum absolute atomic E-state index is 13.0. The van der Waals surface area contributed by atoms with E-state index in [2.05, 4.69) is 6.92 Å². The van der Waals surface area contributed by atoms with Gasteiger partial charge < -0.3 is 15.5 Å². The number of amides is 2. The Bertz CT molecular complexity index is 842. The van der Waals surface area contributed by atoms with Crippen molar-refractivity contribution < 1.29 is 18.0 Å². The molecule has 2 aliphatic rings. The minimum Gasteiger partial charge on any atom is -0.338 e. The van der Waals surface area contributed by atoms with E-state index in [4.69, 9.17) is 10.9 Å². The number of carbonyl (C=O) groups excluding carboxylic acids is 2. The van der Waals surface area contributed by atoms with Gasteiger partial charge in [0.1, 0.15) is 0 Å². The van der Waals surface area contributed by atoms with E-state index >= 15 is 0 Å².